The quantitative estimate of drug-likeness (QED) is 0.201. The number of anilines is 2. The number of fused-ring (bicyclic) bond motifs is 1. The zero-order chi connectivity index (χ0) is 26.4. The number of nitro benzene ring substituents is 1. The molecule has 2 aromatic carbocycles. The van der Waals surface area contributed by atoms with Crippen LogP contribution in [0.3, 0.4) is 0 Å². The Kier molecular flexibility index (Phi) is 6.26. The van der Waals surface area contributed by atoms with Gasteiger partial charge in [-0.05, 0) is 44.0 Å². The van der Waals surface area contributed by atoms with Gasteiger partial charge < -0.3 is 4.74 Å². The molecule has 3 heterocycles. The van der Waals surface area contributed by atoms with Crippen LogP contribution in [0.5, 0.6) is 0 Å². The highest BCUT2D eigenvalue weighted by atomic mass is 32.1. The monoisotopic (exact) mass is 521 g/mol. The first kappa shape index (κ1) is 24.6. The van der Waals surface area contributed by atoms with Gasteiger partial charge in [0.15, 0.2) is 6.10 Å². The molecule has 2 aliphatic heterocycles. The molecule has 0 radical (unpaired) electrons. The molecule has 0 N–H and O–H groups in total. The Bertz CT molecular complexity index is 1400. The normalized spacial score (nSPS) is 20.9. The summed E-state index contributed by atoms with van der Waals surface area (Å²) in [5.74, 6) is -2.63. The predicted octanol–water partition coefficient (Wildman–Crippen LogP) is 4.50. The van der Waals surface area contributed by atoms with Crippen LogP contribution >= 0.6 is 11.3 Å². The van der Waals surface area contributed by atoms with E-state index in [0.29, 0.717) is 16.8 Å². The second-order valence-electron chi connectivity index (χ2n) is 8.70. The van der Waals surface area contributed by atoms with Gasteiger partial charge in [0.1, 0.15) is 10.9 Å². The number of para-hydroxylation sites is 1. The van der Waals surface area contributed by atoms with Gasteiger partial charge in [0.25, 0.3) is 11.6 Å². The zero-order valence-corrected chi connectivity index (χ0v) is 21.1. The lowest BCUT2D eigenvalue weighted by Gasteiger charge is -2.28. The minimum atomic E-state index is -1.13. The maximum atomic E-state index is 13.9. The molecule has 1 aromatic heterocycles. The SMILES string of the molecule is CCOC(=O)c1c(N2C(=O)[C@H]3[C@H](ON(c4ccccc4)[C@@H]3c3ccc([N+](=O)[O-])cc3)C2=O)sc(C)c1C. The van der Waals surface area contributed by atoms with E-state index in [0.717, 1.165) is 9.78 Å². The fourth-order valence-corrected chi connectivity index (χ4v) is 5.91. The van der Waals surface area contributed by atoms with E-state index in [1.54, 1.807) is 50.2 Å². The lowest BCUT2D eigenvalue weighted by atomic mass is 9.90. The number of non-ortho nitro benzene ring substituents is 1. The van der Waals surface area contributed by atoms with Gasteiger partial charge >= 0.3 is 5.97 Å². The zero-order valence-electron chi connectivity index (χ0n) is 20.2. The number of nitrogens with zero attached hydrogens (tertiary/aromatic N) is 3. The highest BCUT2D eigenvalue weighted by Crippen LogP contribution is 2.49. The summed E-state index contributed by atoms with van der Waals surface area (Å²) in [6.07, 6.45) is -1.13. The van der Waals surface area contributed by atoms with Gasteiger partial charge in [0, 0.05) is 17.0 Å². The molecule has 0 unspecified atom stereocenters. The highest BCUT2D eigenvalue weighted by Gasteiger charge is 2.61. The third kappa shape index (κ3) is 3.96. The van der Waals surface area contributed by atoms with E-state index in [-0.39, 0.29) is 22.9 Å². The van der Waals surface area contributed by atoms with Crippen LogP contribution in [0.2, 0.25) is 0 Å². The summed E-state index contributed by atoms with van der Waals surface area (Å²) in [6.45, 7) is 5.40. The van der Waals surface area contributed by atoms with Crippen molar-refractivity contribution in [3.05, 3.63) is 86.3 Å². The van der Waals surface area contributed by atoms with Crippen molar-refractivity contribution >= 4 is 45.5 Å². The molecule has 2 aliphatic rings. The summed E-state index contributed by atoms with van der Waals surface area (Å²) in [7, 11) is 0. The first-order valence-electron chi connectivity index (χ1n) is 11.6. The van der Waals surface area contributed by atoms with Crippen molar-refractivity contribution < 1.29 is 28.9 Å². The van der Waals surface area contributed by atoms with Crippen LogP contribution in [-0.4, -0.2) is 35.4 Å². The summed E-state index contributed by atoms with van der Waals surface area (Å²) < 4.78 is 5.21. The molecule has 2 saturated heterocycles. The minimum absolute atomic E-state index is 0.0930. The predicted molar refractivity (Wildman–Crippen MR) is 135 cm³/mol. The Morgan fingerprint density at radius 2 is 1.76 bits per heavy atom. The maximum Gasteiger partial charge on any atom is 0.341 e. The molecule has 0 bridgehead atoms. The summed E-state index contributed by atoms with van der Waals surface area (Å²) >= 11 is 1.18. The number of imide groups is 1. The second kappa shape index (κ2) is 9.41. The van der Waals surface area contributed by atoms with E-state index in [1.165, 1.54) is 28.5 Å². The van der Waals surface area contributed by atoms with Gasteiger partial charge in [-0.1, -0.05) is 30.3 Å². The summed E-state index contributed by atoms with van der Waals surface area (Å²) in [5.41, 5.74) is 1.95. The van der Waals surface area contributed by atoms with Crippen molar-refractivity contribution in [1.29, 1.82) is 0 Å². The molecule has 2 fully saturated rings. The Labute approximate surface area is 216 Å². The number of hydroxylamine groups is 1. The van der Waals surface area contributed by atoms with Gasteiger partial charge in [-0.15, -0.1) is 11.3 Å². The number of nitro groups is 1. The van der Waals surface area contributed by atoms with Gasteiger partial charge in [0.05, 0.1) is 28.8 Å². The molecular formula is C26H23N3O7S. The molecule has 190 valence electrons. The number of carbonyl (C=O) groups is 3. The smallest absolute Gasteiger partial charge is 0.341 e. The molecular weight excluding hydrogens is 498 g/mol. The molecule has 11 heteroatoms. The number of ether oxygens (including phenoxy) is 1. The van der Waals surface area contributed by atoms with E-state index >= 15 is 0 Å². The van der Waals surface area contributed by atoms with E-state index in [1.807, 2.05) is 13.0 Å². The molecule has 2 amide bonds. The lowest BCUT2D eigenvalue weighted by Crippen LogP contribution is -2.37. The van der Waals surface area contributed by atoms with Crippen LogP contribution < -0.4 is 9.96 Å². The number of hydrogen-bond donors (Lipinski definition) is 0. The highest BCUT2D eigenvalue weighted by molar-refractivity contribution is 7.17. The Hall–Kier alpha value is -4.09. The topological polar surface area (TPSA) is 119 Å². The number of esters is 1. The number of amides is 2. The van der Waals surface area contributed by atoms with Gasteiger partial charge in [-0.25, -0.2) is 14.8 Å². The van der Waals surface area contributed by atoms with Crippen molar-refractivity contribution in [2.45, 2.75) is 32.9 Å². The van der Waals surface area contributed by atoms with Crippen molar-refractivity contribution in [3.8, 4) is 0 Å². The van der Waals surface area contributed by atoms with E-state index in [4.69, 9.17) is 9.57 Å². The fourth-order valence-electron chi connectivity index (χ4n) is 4.76. The van der Waals surface area contributed by atoms with Crippen LogP contribution in [0.4, 0.5) is 16.4 Å². The number of rotatable bonds is 6. The third-order valence-electron chi connectivity index (χ3n) is 6.62. The number of aryl methyl sites for hydroxylation is 1. The summed E-state index contributed by atoms with van der Waals surface area (Å²) in [6, 6.07) is 14.1. The van der Waals surface area contributed by atoms with E-state index < -0.39 is 40.8 Å². The van der Waals surface area contributed by atoms with E-state index in [2.05, 4.69) is 0 Å². The standard InChI is InChI=1S/C26H23N3O7S/c1-4-35-26(32)19-14(2)15(3)37-25(19)27-23(30)20-21(16-10-12-18(13-11-16)29(33)34)28(36-22(20)24(27)31)17-8-6-5-7-9-17/h5-13,20-22H,4H2,1-3H3/t20-,21-,22+/m1/s1. The molecule has 0 aliphatic carbocycles. The first-order chi connectivity index (χ1) is 17.7. The molecule has 0 spiro atoms. The number of thiophene rings is 1. The Morgan fingerprint density at radius 1 is 1.08 bits per heavy atom. The second-order valence-corrected chi connectivity index (χ2v) is 9.91. The van der Waals surface area contributed by atoms with Crippen LogP contribution in [0, 0.1) is 29.9 Å². The van der Waals surface area contributed by atoms with Crippen LogP contribution in [0.25, 0.3) is 0 Å². The van der Waals surface area contributed by atoms with Crippen LogP contribution in [0.15, 0.2) is 54.6 Å². The van der Waals surface area contributed by atoms with E-state index in [9.17, 15) is 24.5 Å². The fraction of sp³-hybridized carbons (Fsp3) is 0.269. The summed E-state index contributed by atoms with van der Waals surface area (Å²) in [4.78, 5) is 59.0. The average molecular weight is 522 g/mol. The van der Waals surface area contributed by atoms with Gasteiger partial charge in [-0.2, -0.15) is 0 Å². The van der Waals surface area contributed by atoms with Gasteiger partial charge in [0.2, 0.25) is 5.91 Å². The largest absolute Gasteiger partial charge is 0.462 e. The van der Waals surface area contributed by atoms with Crippen molar-refractivity contribution in [2.75, 3.05) is 16.6 Å². The molecule has 5 rings (SSSR count). The van der Waals surface area contributed by atoms with Crippen LogP contribution in [0.1, 0.15) is 39.3 Å². The molecule has 10 nitrogen and oxygen atoms in total. The number of hydrogen-bond acceptors (Lipinski definition) is 9. The van der Waals surface area contributed by atoms with Crippen molar-refractivity contribution in [3.63, 3.8) is 0 Å². The lowest BCUT2D eigenvalue weighted by molar-refractivity contribution is -0.384. The molecule has 3 aromatic rings. The third-order valence-corrected chi connectivity index (χ3v) is 7.81. The number of carbonyl (C=O) groups excluding carboxylic acids is 3. The number of benzene rings is 2. The maximum absolute atomic E-state index is 13.9. The van der Waals surface area contributed by atoms with Crippen molar-refractivity contribution in [1.82, 2.24) is 0 Å². The first-order valence-corrected chi connectivity index (χ1v) is 12.5. The average Bonchev–Trinajstić information content (AvgIpc) is 3.50. The molecule has 3 atom stereocenters. The van der Waals surface area contributed by atoms with Crippen molar-refractivity contribution in [2.24, 2.45) is 5.92 Å². The summed E-state index contributed by atoms with van der Waals surface area (Å²) in [5, 5.41) is 12.9. The van der Waals surface area contributed by atoms with Crippen LogP contribution in [-0.2, 0) is 19.2 Å². The van der Waals surface area contributed by atoms with Gasteiger partial charge in [-0.3, -0.25) is 24.5 Å². The Morgan fingerprint density at radius 3 is 2.38 bits per heavy atom. The molecule has 0 saturated carbocycles. The molecule has 37 heavy (non-hydrogen) atoms. The Balaban J connectivity index is 1.59. The minimum Gasteiger partial charge on any atom is -0.462 e.